The van der Waals surface area contributed by atoms with Crippen molar-refractivity contribution in [3.05, 3.63) is 64.6 Å². The maximum Gasteiger partial charge on any atom is 0.347 e. The number of carboxylic acid groups (broad SMARTS) is 1. The number of halogens is 1. The number of rotatable bonds is 6. The molecule has 2 aliphatic heterocycles. The molecule has 2 aromatic carbocycles. The van der Waals surface area contributed by atoms with Crippen LogP contribution in [0.25, 0.3) is 0 Å². The van der Waals surface area contributed by atoms with E-state index >= 15 is 0 Å². The highest BCUT2D eigenvalue weighted by molar-refractivity contribution is 9.10. The summed E-state index contributed by atoms with van der Waals surface area (Å²) in [5.41, 5.74) is 0.292. The molecular weight excluding hydrogens is 470 g/mol. The molecule has 2 aromatic rings. The predicted molar refractivity (Wildman–Crippen MR) is 111 cm³/mol. The van der Waals surface area contributed by atoms with Crippen LogP contribution >= 0.6 is 15.9 Å². The van der Waals surface area contributed by atoms with Crippen molar-refractivity contribution in [3.8, 4) is 5.75 Å². The van der Waals surface area contributed by atoms with E-state index in [2.05, 4.69) is 21.2 Å². The van der Waals surface area contributed by atoms with Crippen LogP contribution in [-0.2, 0) is 14.4 Å². The lowest BCUT2D eigenvalue weighted by Crippen LogP contribution is -2.71. The molecule has 31 heavy (non-hydrogen) atoms. The molecule has 2 N–H and O–H groups in total. The molecular formula is C21H18BrN3O6. The van der Waals surface area contributed by atoms with E-state index in [1.807, 2.05) is 6.07 Å². The lowest BCUT2D eigenvalue weighted by atomic mass is 9.96. The molecule has 0 aromatic heterocycles. The van der Waals surface area contributed by atoms with Crippen LogP contribution in [-0.4, -0.2) is 70.0 Å². The monoisotopic (exact) mass is 487 g/mol. The van der Waals surface area contributed by atoms with Gasteiger partial charge in [-0.05, 0) is 40.2 Å². The number of β-lactam (4-membered cyclic amide) rings is 1. The molecule has 3 atom stereocenters. The van der Waals surface area contributed by atoms with Crippen LogP contribution in [0.2, 0.25) is 0 Å². The van der Waals surface area contributed by atoms with Crippen molar-refractivity contribution in [1.29, 1.82) is 0 Å². The van der Waals surface area contributed by atoms with E-state index in [0.717, 1.165) is 9.80 Å². The smallest absolute Gasteiger partial charge is 0.347 e. The molecule has 2 fully saturated rings. The second-order valence-electron chi connectivity index (χ2n) is 7.11. The summed E-state index contributed by atoms with van der Waals surface area (Å²) in [6.07, 6.45) is -1.43. The molecule has 2 saturated heterocycles. The van der Waals surface area contributed by atoms with Crippen LogP contribution in [0.5, 0.6) is 5.75 Å². The Morgan fingerprint density at radius 3 is 2.45 bits per heavy atom. The van der Waals surface area contributed by atoms with E-state index in [-0.39, 0.29) is 13.2 Å². The number of benzene rings is 2. The number of para-hydroxylation sites is 1. The number of ether oxygens (including phenoxy) is 1. The van der Waals surface area contributed by atoms with E-state index in [1.54, 1.807) is 48.5 Å². The van der Waals surface area contributed by atoms with Gasteiger partial charge in [0.15, 0.2) is 6.61 Å². The maximum atomic E-state index is 13.0. The summed E-state index contributed by atoms with van der Waals surface area (Å²) < 4.78 is 5.89. The van der Waals surface area contributed by atoms with Crippen LogP contribution in [0.4, 0.5) is 0 Å². The molecule has 160 valence electrons. The fraction of sp³-hybridized carbons (Fsp3) is 0.238. The number of carbonyl (C=O) groups is 4. The molecule has 0 saturated carbocycles. The fourth-order valence-corrected chi connectivity index (χ4v) is 4.24. The Morgan fingerprint density at radius 1 is 1.10 bits per heavy atom. The second kappa shape index (κ2) is 8.38. The van der Waals surface area contributed by atoms with E-state index in [0.29, 0.717) is 15.8 Å². The van der Waals surface area contributed by atoms with Gasteiger partial charge >= 0.3 is 5.97 Å². The van der Waals surface area contributed by atoms with Crippen molar-refractivity contribution in [2.45, 2.75) is 18.2 Å². The van der Waals surface area contributed by atoms with Gasteiger partial charge in [-0.25, -0.2) is 4.79 Å². The Morgan fingerprint density at radius 2 is 1.77 bits per heavy atom. The first-order valence-corrected chi connectivity index (χ1v) is 10.3. The van der Waals surface area contributed by atoms with Gasteiger partial charge in [0, 0.05) is 11.0 Å². The van der Waals surface area contributed by atoms with Crippen molar-refractivity contribution >= 4 is 39.6 Å². The summed E-state index contributed by atoms with van der Waals surface area (Å²) in [6, 6.07) is 13.9. The van der Waals surface area contributed by atoms with Gasteiger partial charge in [-0.1, -0.05) is 30.3 Å². The predicted octanol–water partition coefficient (Wildman–Crippen LogP) is 1.09. The number of nitrogens with zero attached hydrogens (tertiary/aromatic N) is 2. The minimum atomic E-state index is -1.43. The third kappa shape index (κ3) is 3.86. The number of carbonyl (C=O) groups excluding carboxylic acids is 3. The number of carboxylic acids is 1. The summed E-state index contributed by atoms with van der Waals surface area (Å²) in [5.74, 6) is -2.37. The highest BCUT2D eigenvalue weighted by atomic mass is 79.9. The zero-order valence-electron chi connectivity index (χ0n) is 16.1. The summed E-state index contributed by atoms with van der Waals surface area (Å²) >= 11 is 3.29. The summed E-state index contributed by atoms with van der Waals surface area (Å²) in [7, 11) is 0. The number of hydrogen-bond donors (Lipinski definition) is 2. The average molecular weight is 488 g/mol. The Kier molecular flexibility index (Phi) is 5.64. The van der Waals surface area contributed by atoms with E-state index < -0.39 is 41.9 Å². The molecule has 0 radical (unpaired) electrons. The number of aliphatic carboxylic acids is 1. The van der Waals surface area contributed by atoms with Gasteiger partial charge in [0.1, 0.15) is 11.8 Å². The molecule has 0 spiro atoms. The van der Waals surface area contributed by atoms with Crippen LogP contribution in [0.3, 0.4) is 0 Å². The van der Waals surface area contributed by atoms with Gasteiger partial charge in [-0.3, -0.25) is 14.4 Å². The van der Waals surface area contributed by atoms with Gasteiger partial charge in [-0.2, -0.15) is 0 Å². The summed E-state index contributed by atoms with van der Waals surface area (Å²) in [4.78, 5) is 51.9. The number of hydrogen-bond acceptors (Lipinski definition) is 5. The topological polar surface area (TPSA) is 116 Å². The van der Waals surface area contributed by atoms with Crippen molar-refractivity contribution in [2.24, 2.45) is 0 Å². The lowest BCUT2D eigenvalue weighted by Gasteiger charge is -2.43. The molecule has 10 heteroatoms. The quantitative estimate of drug-likeness (QED) is 0.589. The first kappa shape index (κ1) is 20.9. The fourth-order valence-electron chi connectivity index (χ4n) is 3.79. The van der Waals surface area contributed by atoms with Crippen LogP contribution < -0.4 is 10.1 Å². The normalized spacial score (nSPS) is 21.8. The Hall–Kier alpha value is -3.40. The minimum Gasteiger partial charge on any atom is -0.484 e. The van der Waals surface area contributed by atoms with E-state index in [9.17, 15) is 24.3 Å². The molecule has 0 bridgehead atoms. The molecule has 3 amide bonds. The van der Waals surface area contributed by atoms with Gasteiger partial charge in [0.2, 0.25) is 12.1 Å². The summed E-state index contributed by atoms with van der Waals surface area (Å²) in [5, 5.41) is 12.2. The van der Waals surface area contributed by atoms with Gasteiger partial charge < -0.3 is 25.0 Å². The highest BCUT2D eigenvalue weighted by Gasteiger charge is 2.61. The van der Waals surface area contributed by atoms with Crippen LogP contribution in [0.15, 0.2) is 59.1 Å². The molecule has 2 aliphatic rings. The minimum absolute atomic E-state index is 0.00658. The second-order valence-corrected chi connectivity index (χ2v) is 7.96. The zero-order chi connectivity index (χ0) is 22.1. The van der Waals surface area contributed by atoms with Gasteiger partial charge in [0.05, 0.1) is 11.6 Å². The molecule has 4 rings (SSSR count). The largest absolute Gasteiger partial charge is 0.484 e. The lowest BCUT2D eigenvalue weighted by molar-refractivity contribution is -0.163. The van der Waals surface area contributed by atoms with Crippen molar-refractivity contribution in [3.63, 3.8) is 0 Å². The van der Waals surface area contributed by atoms with Gasteiger partial charge in [0.25, 0.3) is 11.8 Å². The number of fused-ring (bicyclic) bond motifs is 1. The first-order valence-electron chi connectivity index (χ1n) is 9.46. The maximum absolute atomic E-state index is 13.0. The van der Waals surface area contributed by atoms with Crippen LogP contribution in [0, 0.1) is 0 Å². The van der Waals surface area contributed by atoms with Crippen LogP contribution in [0.1, 0.15) is 10.4 Å². The van der Waals surface area contributed by atoms with E-state index in [4.69, 9.17) is 4.74 Å². The zero-order valence-corrected chi connectivity index (χ0v) is 17.7. The number of amides is 3. The molecule has 0 aliphatic carbocycles. The molecule has 9 nitrogen and oxygen atoms in total. The standard InChI is InChI=1S/C21H18BrN3O6/c22-14-9-5-4-8-13(14)19(27)24-10-15-17(20(28)25(15)18(24)21(29)30)23-16(26)11-31-12-6-2-1-3-7-12/h1-9,15,17-18H,10-11H2,(H,23,26)(H,29,30)/t15?,17-,18?/m0/s1. The average Bonchev–Trinajstić information content (AvgIpc) is 3.13. The first-order chi connectivity index (χ1) is 14.9. The molecule has 2 heterocycles. The van der Waals surface area contributed by atoms with Crippen molar-refractivity contribution in [1.82, 2.24) is 15.1 Å². The third-order valence-electron chi connectivity index (χ3n) is 5.22. The highest BCUT2D eigenvalue weighted by Crippen LogP contribution is 2.34. The van der Waals surface area contributed by atoms with Crippen molar-refractivity contribution < 1.29 is 29.0 Å². The Labute approximate surface area is 185 Å². The molecule has 2 unspecified atom stereocenters. The summed E-state index contributed by atoms with van der Waals surface area (Å²) in [6.45, 7) is -0.296. The SMILES string of the molecule is O=C(COc1ccccc1)N[C@@H]1C(=O)N2C1CN(C(=O)c1ccccc1Br)C2C(=O)O. The van der Waals surface area contributed by atoms with E-state index in [1.165, 1.54) is 0 Å². The third-order valence-corrected chi connectivity index (χ3v) is 5.91. The number of nitrogens with one attached hydrogen (secondary N) is 1. The van der Waals surface area contributed by atoms with Gasteiger partial charge in [-0.15, -0.1) is 0 Å². The van der Waals surface area contributed by atoms with Crippen molar-refractivity contribution in [2.75, 3.05) is 13.2 Å². The Bertz CT molecular complexity index is 1050. The Balaban J connectivity index is 1.45.